The zero-order valence-corrected chi connectivity index (χ0v) is 16.3. The Morgan fingerprint density at radius 3 is 2.56 bits per heavy atom. The molecule has 0 aromatic heterocycles. The van der Waals surface area contributed by atoms with Crippen LogP contribution in [0.3, 0.4) is 0 Å². The lowest BCUT2D eigenvalue weighted by Crippen LogP contribution is -2.52. The van der Waals surface area contributed by atoms with Gasteiger partial charge in [-0.15, -0.1) is 0 Å². The van der Waals surface area contributed by atoms with Crippen molar-refractivity contribution in [3.63, 3.8) is 0 Å². The highest BCUT2D eigenvalue weighted by molar-refractivity contribution is 6.43. The minimum absolute atomic E-state index is 0.0808. The molecule has 0 spiro atoms. The van der Waals surface area contributed by atoms with Gasteiger partial charge in [-0.1, -0.05) is 25.4 Å². The highest BCUT2D eigenvalue weighted by Gasteiger charge is 2.60. The van der Waals surface area contributed by atoms with E-state index in [0.717, 1.165) is 44.9 Å². The number of fused-ring (bicyclic) bond motifs is 5. The number of Topliss-reactive ketones (excluding diaryl/α,β-unsaturated/α-hetero) is 1. The zero-order valence-electron chi connectivity index (χ0n) is 15.6. The first kappa shape index (κ1) is 17.6. The Morgan fingerprint density at radius 2 is 1.84 bits per heavy atom. The van der Waals surface area contributed by atoms with Crippen LogP contribution in [0.15, 0.2) is 10.6 Å². The van der Waals surface area contributed by atoms with E-state index in [1.165, 1.54) is 12.5 Å². The smallest absolute Gasteiger partial charge is 0.302 e. The second-order valence-electron chi connectivity index (χ2n) is 9.27. The predicted octanol–water partition coefficient (Wildman–Crippen LogP) is 5.02. The fourth-order valence-electron chi connectivity index (χ4n) is 7.00. The summed E-state index contributed by atoms with van der Waals surface area (Å²) in [5, 5.41) is 0.546. The summed E-state index contributed by atoms with van der Waals surface area (Å²) in [5.41, 5.74) is 1.46. The molecule has 4 aliphatic carbocycles. The summed E-state index contributed by atoms with van der Waals surface area (Å²) in [6, 6.07) is 0. The minimum atomic E-state index is -0.146. The summed E-state index contributed by atoms with van der Waals surface area (Å²) in [4.78, 5) is 23.6. The van der Waals surface area contributed by atoms with Gasteiger partial charge in [0.2, 0.25) is 0 Å². The van der Waals surface area contributed by atoms with E-state index < -0.39 is 0 Å². The van der Waals surface area contributed by atoms with E-state index in [-0.39, 0.29) is 28.7 Å². The summed E-state index contributed by atoms with van der Waals surface area (Å²) < 4.78 is 5.71. The maximum Gasteiger partial charge on any atom is 0.302 e. The van der Waals surface area contributed by atoms with Crippen LogP contribution in [0.4, 0.5) is 0 Å². The molecule has 0 heterocycles. The lowest BCUT2D eigenvalue weighted by Gasteiger charge is -2.58. The quantitative estimate of drug-likeness (QED) is 0.614. The van der Waals surface area contributed by atoms with Gasteiger partial charge in [0.05, 0.1) is 5.03 Å². The molecule has 6 atom stereocenters. The number of esters is 1. The zero-order chi connectivity index (χ0) is 18.0. The molecule has 0 aliphatic heterocycles. The van der Waals surface area contributed by atoms with Crippen LogP contribution in [-0.2, 0) is 14.3 Å². The van der Waals surface area contributed by atoms with E-state index in [0.29, 0.717) is 29.2 Å². The third-order valence-electron chi connectivity index (χ3n) is 8.27. The molecule has 4 aliphatic rings. The number of ketones is 1. The molecule has 0 aromatic rings. The summed E-state index contributed by atoms with van der Waals surface area (Å²) in [6.07, 6.45) is 8.17. The van der Waals surface area contributed by atoms with E-state index >= 15 is 0 Å². The minimum Gasteiger partial charge on any atom is -0.462 e. The van der Waals surface area contributed by atoms with Crippen LogP contribution >= 0.6 is 11.6 Å². The normalized spacial score (nSPS) is 46.3. The Bertz CT molecular complexity index is 654. The molecule has 0 unspecified atom stereocenters. The molecule has 0 bridgehead atoms. The number of hydrogen-bond donors (Lipinski definition) is 0. The largest absolute Gasteiger partial charge is 0.462 e. The van der Waals surface area contributed by atoms with E-state index in [2.05, 4.69) is 13.8 Å². The number of allylic oxidation sites excluding steroid dienone is 1. The first-order valence-electron chi connectivity index (χ1n) is 9.87. The molecule has 0 aromatic carbocycles. The molecule has 0 N–H and O–H groups in total. The SMILES string of the molecule is CC(=O)O[C@@H]1CC[C@@H]2[C@H]3CCC4=C(Cl)C(=O)CC[C@]4(C)[C@@H]3CC[C@]21C. The molecule has 4 heteroatoms. The van der Waals surface area contributed by atoms with E-state index in [1.54, 1.807) is 0 Å². The monoisotopic (exact) mass is 364 g/mol. The van der Waals surface area contributed by atoms with E-state index in [1.807, 2.05) is 0 Å². The molecule has 0 saturated heterocycles. The molecular weight excluding hydrogens is 336 g/mol. The molecule has 0 amide bonds. The van der Waals surface area contributed by atoms with Gasteiger partial charge in [0.15, 0.2) is 5.78 Å². The Hall–Kier alpha value is -0.830. The highest BCUT2D eigenvalue weighted by Crippen LogP contribution is 2.66. The highest BCUT2D eigenvalue weighted by atomic mass is 35.5. The third-order valence-corrected chi connectivity index (χ3v) is 8.71. The molecule has 4 rings (SSSR count). The number of hydrogen-bond acceptors (Lipinski definition) is 3. The van der Waals surface area contributed by atoms with Crippen LogP contribution in [0, 0.1) is 28.6 Å². The molecule has 3 fully saturated rings. The second-order valence-corrected chi connectivity index (χ2v) is 9.65. The van der Waals surface area contributed by atoms with Crippen LogP contribution in [0.5, 0.6) is 0 Å². The average molecular weight is 365 g/mol. The van der Waals surface area contributed by atoms with Crippen LogP contribution < -0.4 is 0 Å². The number of halogens is 1. The van der Waals surface area contributed by atoms with Crippen molar-refractivity contribution >= 4 is 23.4 Å². The summed E-state index contributed by atoms with van der Waals surface area (Å²) >= 11 is 6.45. The van der Waals surface area contributed by atoms with Crippen molar-refractivity contribution in [2.24, 2.45) is 28.6 Å². The van der Waals surface area contributed by atoms with Crippen molar-refractivity contribution in [3.8, 4) is 0 Å². The molecule has 138 valence electrons. The summed E-state index contributed by atoms with van der Waals surface area (Å²) in [7, 11) is 0. The van der Waals surface area contributed by atoms with Crippen molar-refractivity contribution in [1.29, 1.82) is 0 Å². The molecule has 3 saturated carbocycles. The fourth-order valence-corrected chi connectivity index (χ4v) is 7.40. The first-order chi connectivity index (χ1) is 11.8. The third kappa shape index (κ3) is 2.44. The lowest BCUT2D eigenvalue weighted by atomic mass is 9.47. The van der Waals surface area contributed by atoms with Gasteiger partial charge in [-0.05, 0) is 73.7 Å². The Morgan fingerprint density at radius 1 is 1.08 bits per heavy atom. The van der Waals surface area contributed by atoms with Gasteiger partial charge < -0.3 is 4.74 Å². The summed E-state index contributed by atoms with van der Waals surface area (Å²) in [5.74, 6) is 1.92. The molecule has 25 heavy (non-hydrogen) atoms. The Balaban J connectivity index is 1.65. The van der Waals surface area contributed by atoms with Gasteiger partial charge in [-0.3, -0.25) is 9.59 Å². The van der Waals surface area contributed by atoms with Crippen molar-refractivity contribution in [3.05, 3.63) is 10.6 Å². The van der Waals surface area contributed by atoms with Crippen molar-refractivity contribution < 1.29 is 14.3 Å². The number of carbonyl (C=O) groups excluding carboxylic acids is 2. The second kappa shape index (κ2) is 5.84. The van der Waals surface area contributed by atoms with Gasteiger partial charge in [0.1, 0.15) is 6.10 Å². The topological polar surface area (TPSA) is 43.4 Å². The first-order valence-corrected chi connectivity index (χ1v) is 10.2. The van der Waals surface area contributed by atoms with Crippen LogP contribution in [0.2, 0.25) is 0 Å². The number of carbonyl (C=O) groups is 2. The summed E-state index contributed by atoms with van der Waals surface area (Å²) in [6.45, 7) is 6.23. The van der Waals surface area contributed by atoms with Crippen LogP contribution in [-0.4, -0.2) is 17.9 Å². The standard InChI is InChI=1S/C21H29ClO3/c1-12(23)25-18-7-6-14-13-4-5-16-19(22)17(24)9-11-20(16,2)15(13)8-10-21(14,18)3/h13-15,18H,4-11H2,1-3H3/t13-,14-,15-,18-,20-,21-/m1/s1. The number of rotatable bonds is 1. The lowest BCUT2D eigenvalue weighted by molar-refractivity contribution is -0.157. The molecular formula is C21H29ClO3. The van der Waals surface area contributed by atoms with Crippen molar-refractivity contribution in [2.75, 3.05) is 0 Å². The van der Waals surface area contributed by atoms with Crippen LogP contribution in [0.1, 0.15) is 72.1 Å². The maximum atomic E-state index is 12.1. The molecule has 0 radical (unpaired) electrons. The predicted molar refractivity (Wildman–Crippen MR) is 97.1 cm³/mol. The molecule has 3 nitrogen and oxygen atoms in total. The number of ether oxygens (including phenoxy) is 1. The fraction of sp³-hybridized carbons (Fsp3) is 0.810. The van der Waals surface area contributed by atoms with E-state index in [4.69, 9.17) is 16.3 Å². The Labute approximate surface area is 155 Å². The average Bonchev–Trinajstić information content (AvgIpc) is 2.88. The maximum absolute atomic E-state index is 12.1. The van der Waals surface area contributed by atoms with Gasteiger partial charge in [-0.25, -0.2) is 0 Å². The van der Waals surface area contributed by atoms with Crippen molar-refractivity contribution in [1.82, 2.24) is 0 Å². The van der Waals surface area contributed by atoms with Crippen LogP contribution in [0.25, 0.3) is 0 Å². The Kier molecular flexibility index (Phi) is 4.10. The van der Waals surface area contributed by atoms with Gasteiger partial charge in [0.25, 0.3) is 0 Å². The van der Waals surface area contributed by atoms with E-state index in [9.17, 15) is 9.59 Å². The van der Waals surface area contributed by atoms with Gasteiger partial charge >= 0.3 is 5.97 Å². The van der Waals surface area contributed by atoms with Gasteiger partial charge in [0, 0.05) is 18.8 Å². The van der Waals surface area contributed by atoms with Crippen molar-refractivity contribution in [2.45, 2.75) is 78.2 Å². The van der Waals surface area contributed by atoms with Gasteiger partial charge in [-0.2, -0.15) is 0 Å².